The molecule has 136 valence electrons. The Balaban J connectivity index is 2.03. The summed E-state index contributed by atoms with van der Waals surface area (Å²) in [5, 5.41) is 2.84. The molecule has 1 fully saturated rings. The van der Waals surface area contributed by atoms with Crippen LogP contribution in [0.15, 0.2) is 24.3 Å². The monoisotopic (exact) mass is 346 g/mol. The molecule has 1 aliphatic rings. The Kier molecular flexibility index (Phi) is 5.82. The van der Waals surface area contributed by atoms with Crippen LogP contribution in [0.5, 0.6) is 0 Å². The van der Waals surface area contributed by atoms with Gasteiger partial charge in [-0.05, 0) is 31.0 Å². The highest BCUT2D eigenvalue weighted by Crippen LogP contribution is 2.24. The first-order valence-corrected chi connectivity index (χ1v) is 8.51. The summed E-state index contributed by atoms with van der Waals surface area (Å²) < 4.78 is 4.69. The van der Waals surface area contributed by atoms with Crippen molar-refractivity contribution in [3.05, 3.63) is 29.8 Å². The number of hydrogen-bond acceptors (Lipinski definition) is 4. The van der Waals surface area contributed by atoms with Gasteiger partial charge in [0.25, 0.3) is 0 Å². The number of anilines is 1. The van der Waals surface area contributed by atoms with Gasteiger partial charge >= 0.3 is 5.97 Å². The van der Waals surface area contributed by atoms with E-state index in [2.05, 4.69) is 10.1 Å². The van der Waals surface area contributed by atoms with Crippen LogP contribution in [-0.2, 0) is 14.3 Å². The number of carbonyl (C=O) groups is 3. The van der Waals surface area contributed by atoms with Gasteiger partial charge in [0.15, 0.2) is 0 Å². The molecule has 1 aromatic rings. The molecule has 0 aromatic heterocycles. The number of carbonyl (C=O) groups excluding carboxylic acids is 3. The summed E-state index contributed by atoms with van der Waals surface area (Å²) in [4.78, 5) is 38.4. The molecule has 6 heteroatoms. The standard InChI is InChI=1S/C19H26N2O4/c1-19(2,3)18(24)21-10-6-8-14(12-21)16(22)20-15-9-5-7-13(11-15)17(23)25-4/h5,7,9,11,14H,6,8,10,12H2,1-4H3,(H,20,22). The maximum Gasteiger partial charge on any atom is 0.337 e. The average molecular weight is 346 g/mol. The minimum atomic E-state index is -0.451. The van der Waals surface area contributed by atoms with E-state index >= 15 is 0 Å². The van der Waals surface area contributed by atoms with E-state index in [-0.39, 0.29) is 17.7 Å². The Hall–Kier alpha value is -2.37. The van der Waals surface area contributed by atoms with E-state index in [4.69, 9.17) is 0 Å². The SMILES string of the molecule is COC(=O)c1cccc(NC(=O)C2CCCN(C(=O)C(C)(C)C)C2)c1. The average Bonchev–Trinajstić information content (AvgIpc) is 2.59. The molecule has 1 heterocycles. The molecule has 1 unspecified atom stereocenters. The van der Waals surface area contributed by atoms with Crippen LogP contribution in [0.3, 0.4) is 0 Å². The van der Waals surface area contributed by atoms with Gasteiger partial charge in [-0.15, -0.1) is 0 Å². The Labute approximate surface area is 148 Å². The zero-order chi connectivity index (χ0) is 18.6. The highest BCUT2D eigenvalue weighted by molar-refractivity contribution is 5.96. The smallest absolute Gasteiger partial charge is 0.337 e. The van der Waals surface area contributed by atoms with Gasteiger partial charge in [-0.1, -0.05) is 26.8 Å². The van der Waals surface area contributed by atoms with Crippen molar-refractivity contribution in [2.24, 2.45) is 11.3 Å². The molecule has 0 aliphatic carbocycles. The number of amides is 2. The third kappa shape index (κ3) is 4.81. The first kappa shape index (κ1) is 19.0. The first-order valence-electron chi connectivity index (χ1n) is 8.51. The van der Waals surface area contributed by atoms with Gasteiger partial charge in [-0.2, -0.15) is 0 Å². The van der Waals surface area contributed by atoms with Crippen LogP contribution in [-0.4, -0.2) is 42.9 Å². The summed E-state index contributed by atoms with van der Waals surface area (Å²) in [6, 6.07) is 6.64. The highest BCUT2D eigenvalue weighted by Gasteiger charge is 2.33. The minimum absolute atomic E-state index is 0.0673. The molecule has 1 N–H and O–H groups in total. The van der Waals surface area contributed by atoms with Crippen molar-refractivity contribution in [2.45, 2.75) is 33.6 Å². The second-order valence-electron chi connectivity index (χ2n) is 7.40. The van der Waals surface area contributed by atoms with E-state index in [0.29, 0.717) is 24.3 Å². The van der Waals surface area contributed by atoms with Crippen molar-refractivity contribution < 1.29 is 19.1 Å². The highest BCUT2D eigenvalue weighted by atomic mass is 16.5. The van der Waals surface area contributed by atoms with Crippen LogP contribution in [0.2, 0.25) is 0 Å². The van der Waals surface area contributed by atoms with Crippen molar-refractivity contribution in [3.8, 4) is 0 Å². The normalized spacial score (nSPS) is 17.8. The topological polar surface area (TPSA) is 75.7 Å². The fraction of sp³-hybridized carbons (Fsp3) is 0.526. The summed E-state index contributed by atoms with van der Waals surface area (Å²) in [6.45, 7) is 6.78. The Bertz CT molecular complexity index is 664. The molecule has 25 heavy (non-hydrogen) atoms. The number of nitrogens with zero attached hydrogens (tertiary/aromatic N) is 1. The van der Waals surface area contributed by atoms with Gasteiger partial charge in [0, 0.05) is 24.2 Å². The zero-order valence-corrected chi connectivity index (χ0v) is 15.3. The number of rotatable bonds is 3. The zero-order valence-electron chi connectivity index (χ0n) is 15.3. The second-order valence-corrected chi connectivity index (χ2v) is 7.40. The van der Waals surface area contributed by atoms with Crippen LogP contribution < -0.4 is 5.32 Å². The molecule has 6 nitrogen and oxygen atoms in total. The molecule has 2 rings (SSSR count). The van der Waals surface area contributed by atoms with Gasteiger partial charge in [-0.3, -0.25) is 9.59 Å². The summed E-state index contributed by atoms with van der Waals surface area (Å²) in [5.41, 5.74) is 0.480. The van der Waals surface area contributed by atoms with Crippen LogP contribution >= 0.6 is 0 Å². The van der Waals surface area contributed by atoms with Crippen LogP contribution in [0.25, 0.3) is 0 Å². The van der Waals surface area contributed by atoms with Crippen molar-refractivity contribution >= 4 is 23.5 Å². The number of esters is 1. The lowest BCUT2D eigenvalue weighted by molar-refractivity contribution is -0.142. The molecule has 1 saturated heterocycles. The van der Waals surface area contributed by atoms with Crippen LogP contribution in [0.1, 0.15) is 44.0 Å². The van der Waals surface area contributed by atoms with Gasteiger partial charge < -0.3 is 15.0 Å². The molecular formula is C19H26N2O4. The molecular weight excluding hydrogens is 320 g/mol. The molecule has 0 bridgehead atoms. The van der Waals surface area contributed by atoms with E-state index in [1.54, 1.807) is 29.2 Å². The summed E-state index contributed by atoms with van der Waals surface area (Å²) in [6.07, 6.45) is 1.55. The van der Waals surface area contributed by atoms with E-state index in [1.165, 1.54) is 7.11 Å². The van der Waals surface area contributed by atoms with Crippen LogP contribution in [0.4, 0.5) is 5.69 Å². The molecule has 0 spiro atoms. The van der Waals surface area contributed by atoms with Gasteiger partial charge in [0.2, 0.25) is 11.8 Å². The third-order valence-electron chi connectivity index (χ3n) is 4.27. The minimum Gasteiger partial charge on any atom is -0.465 e. The molecule has 0 saturated carbocycles. The van der Waals surface area contributed by atoms with E-state index < -0.39 is 11.4 Å². The Morgan fingerprint density at radius 3 is 2.60 bits per heavy atom. The van der Waals surface area contributed by atoms with E-state index in [0.717, 1.165) is 12.8 Å². The molecule has 1 aromatic carbocycles. The number of likely N-dealkylation sites (tertiary alicyclic amines) is 1. The predicted octanol–water partition coefficient (Wildman–Crippen LogP) is 2.70. The first-order chi connectivity index (χ1) is 11.7. The van der Waals surface area contributed by atoms with Crippen molar-refractivity contribution in [2.75, 3.05) is 25.5 Å². The largest absolute Gasteiger partial charge is 0.465 e. The van der Waals surface area contributed by atoms with E-state index in [1.807, 2.05) is 20.8 Å². The summed E-state index contributed by atoms with van der Waals surface area (Å²) >= 11 is 0. The maximum atomic E-state index is 12.6. The van der Waals surface area contributed by atoms with Crippen molar-refractivity contribution in [1.82, 2.24) is 4.90 Å². The number of benzene rings is 1. The molecule has 0 radical (unpaired) electrons. The molecule has 2 amide bonds. The van der Waals surface area contributed by atoms with E-state index in [9.17, 15) is 14.4 Å². The fourth-order valence-electron chi connectivity index (χ4n) is 2.94. The number of ether oxygens (including phenoxy) is 1. The Morgan fingerprint density at radius 2 is 1.96 bits per heavy atom. The Morgan fingerprint density at radius 1 is 1.24 bits per heavy atom. The molecule has 1 aliphatic heterocycles. The number of nitrogens with one attached hydrogen (secondary N) is 1. The number of methoxy groups -OCH3 is 1. The number of hydrogen-bond donors (Lipinski definition) is 1. The van der Waals surface area contributed by atoms with Crippen LogP contribution in [0, 0.1) is 11.3 Å². The summed E-state index contributed by atoms with van der Waals surface area (Å²) in [5.74, 6) is -0.760. The number of piperidine rings is 1. The second kappa shape index (κ2) is 7.68. The van der Waals surface area contributed by atoms with Gasteiger partial charge in [0.1, 0.15) is 0 Å². The predicted molar refractivity (Wildman–Crippen MR) is 95.2 cm³/mol. The van der Waals surface area contributed by atoms with Gasteiger partial charge in [-0.25, -0.2) is 4.79 Å². The maximum absolute atomic E-state index is 12.6. The van der Waals surface area contributed by atoms with Crippen molar-refractivity contribution in [1.29, 1.82) is 0 Å². The quantitative estimate of drug-likeness (QED) is 0.854. The summed E-state index contributed by atoms with van der Waals surface area (Å²) in [7, 11) is 1.32. The fourth-order valence-corrected chi connectivity index (χ4v) is 2.94. The lowest BCUT2D eigenvalue weighted by Gasteiger charge is -2.35. The van der Waals surface area contributed by atoms with Crippen molar-refractivity contribution in [3.63, 3.8) is 0 Å². The lowest BCUT2D eigenvalue weighted by Crippen LogP contribution is -2.47. The molecule has 1 atom stereocenters. The third-order valence-corrected chi connectivity index (χ3v) is 4.27. The van der Waals surface area contributed by atoms with Gasteiger partial charge in [0.05, 0.1) is 18.6 Å². The lowest BCUT2D eigenvalue weighted by atomic mass is 9.91.